The molecule has 0 saturated heterocycles. The Morgan fingerprint density at radius 1 is 1.80 bits per heavy atom. The predicted molar refractivity (Wildman–Crippen MR) is 18.8 cm³/mol. The van der Waals surface area contributed by atoms with Gasteiger partial charge in [-0.2, -0.15) is 0 Å². The number of hydrogen-bond acceptors (Lipinski definition) is 0. The van der Waals surface area contributed by atoms with Gasteiger partial charge in [0.2, 0.25) is 0 Å². The molecule has 0 aromatic carbocycles. The van der Waals surface area contributed by atoms with Crippen LogP contribution in [0.4, 0.5) is 0 Å². The molecule has 0 unspecified atom stereocenters. The molecule has 0 aliphatic heterocycles. The van der Waals surface area contributed by atoms with Crippen molar-refractivity contribution in [3.63, 3.8) is 0 Å². The SMILES string of the molecule is CCC[C]#[Mo]. The molecule has 0 rings (SSSR count). The predicted octanol–water partition coefficient (Wildman–Crippen LogP) is 1.29. The second-order valence-electron chi connectivity index (χ2n) is 0.894. The van der Waals surface area contributed by atoms with Gasteiger partial charge in [-0.3, -0.25) is 0 Å². The fraction of sp³-hybridized carbons (Fsp3) is 0.750. The van der Waals surface area contributed by atoms with E-state index in [9.17, 15) is 0 Å². The summed E-state index contributed by atoms with van der Waals surface area (Å²) in [5, 5.41) is 0. The molecule has 0 fully saturated rings. The summed E-state index contributed by atoms with van der Waals surface area (Å²) in [4.78, 5) is 0. The molecule has 0 aliphatic carbocycles. The Balaban J connectivity index is 2.48. The summed E-state index contributed by atoms with van der Waals surface area (Å²) in [7, 11) is 0. The first-order valence-electron chi connectivity index (χ1n) is 1.76. The van der Waals surface area contributed by atoms with Crippen molar-refractivity contribution in [2.24, 2.45) is 0 Å². The maximum atomic E-state index is 3.03. The summed E-state index contributed by atoms with van der Waals surface area (Å²) in [5.41, 5.74) is 0. The summed E-state index contributed by atoms with van der Waals surface area (Å²) in [6, 6.07) is 0. The fourth-order valence-corrected chi connectivity index (χ4v) is 0.604. The fourth-order valence-electron chi connectivity index (χ4n) is 0.102. The van der Waals surface area contributed by atoms with Crippen LogP contribution in [0.3, 0.4) is 0 Å². The van der Waals surface area contributed by atoms with E-state index in [-0.39, 0.29) is 0 Å². The van der Waals surface area contributed by atoms with Gasteiger partial charge in [-0.25, -0.2) is 0 Å². The maximum absolute atomic E-state index is 3.03. The van der Waals surface area contributed by atoms with Crippen LogP contribution in [0.2, 0.25) is 0 Å². The molecule has 29 valence electrons. The van der Waals surface area contributed by atoms with E-state index < -0.39 is 0 Å². The molecule has 0 bridgehead atoms. The Hall–Kier alpha value is 0.468. The molecule has 0 atom stereocenters. The van der Waals surface area contributed by atoms with Crippen molar-refractivity contribution in [3.05, 3.63) is 0 Å². The number of unbranched alkanes of at least 4 members (excludes halogenated alkanes) is 1. The molecule has 0 aromatic rings. The van der Waals surface area contributed by atoms with Crippen LogP contribution < -0.4 is 0 Å². The zero-order valence-corrected chi connectivity index (χ0v) is 5.33. The van der Waals surface area contributed by atoms with Crippen molar-refractivity contribution in [1.82, 2.24) is 0 Å². The average Bonchev–Trinajstić information content (AvgIpc) is 1.41. The molecule has 0 amide bonds. The first-order chi connectivity index (χ1) is 2.41. The normalized spacial score (nSPS) is 6.40. The standard InChI is InChI=1S/C4H7.Mo/c1-3-4-2;/h3-4H2,1H3;. The van der Waals surface area contributed by atoms with Gasteiger partial charge in [0.25, 0.3) is 0 Å². The minimum atomic E-state index is 1.14. The van der Waals surface area contributed by atoms with Crippen molar-refractivity contribution in [1.29, 1.82) is 0 Å². The van der Waals surface area contributed by atoms with Gasteiger partial charge in [-0.1, -0.05) is 0 Å². The van der Waals surface area contributed by atoms with Crippen molar-refractivity contribution < 1.29 is 19.2 Å². The minimum absolute atomic E-state index is 1.14. The molecular formula is C4H7Mo. The van der Waals surface area contributed by atoms with Gasteiger partial charge in [0, 0.05) is 0 Å². The van der Waals surface area contributed by atoms with Crippen LogP contribution in [-0.4, -0.2) is 0 Å². The Bertz CT molecular complexity index is 42.1. The monoisotopic (exact) mass is 153 g/mol. The molecule has 0 radical (unpaired) electrons. The van der Waals surface area contributed by atoms with E-state index in [2.05, 4.69) is 11.1 Å². The first kappa shape index (κ1) is 5.47. The third-order valence-electron chi connectivity index (χ3n) is 0.352. The van der Waals surface area contributed by atoms with Crippen LogP contribution in [0.25, 0.3) is 0 Å². The van der Waals surface area contributed by atoms with E-state index in [4.69, 9.17) is 0 Å². The van der Waals surface area contributed by atoms with Gasteiger partial charge in [0.05, 0.1) is 0 Å². The van der Waals surface area contributed by atoms with Crippen LogP contribution in [0.1, 0.15) is 19.8 Å². The summed E-state index contributed by atoms with van der Waals surface area (Å²) in [6.07, 6.45) is 2.38. The Morgan fingerprint density at radius 2 is 2.40 bits per heavy atom. The van der Waals surface area contributed by atoms with E-state index in [1.165, 1.54) is 6.42 Å². The van der Waals surface area contributed by atoms with Gasteiger partial charge < -0.3 is 0 Å². The Morgan fingerprint density at radius 3 is 2.40 bits per heavy atom. The molecule has 0 aliphatic rings. The van der Waals surface area contributed by atoms with Crippen molar-refractivity contribution >= 4 is 0 Å². The first-order valence-corrected chi connectivity index (χ1v) is 2.77. The summed E-state index contributed by atoms with van der Waals surface area (Å²) in [6.45, 7) is 2.15. The van der Waals surface area contributed by atoms with Crippen molar-refractivity contribution in [2.75, 3.05) is 0 Å². The van der Waals surface area contributed by atoms with E-state index in [1.54, 1.807) is 0 Å². The number of rotatable bonds is 1. The van der Waals surface area contributed by atoms with Crippen molar-refractivity contribution in [2.45, 2.75) is 19.8 Å². The topological polar surface area (TPSA) is 0 Å². The third-order valence-corrected chi connectivity index (χ3v) is 0.854. The summed E-state index contributed by atoms with van der Waals surface area (Å²) < 4.78 is 3.03. The van der Waals surface area contributed by atoms with Crippen LogP contribution in [0.5, 0.6) is 0 Å². The zero-order chi connectivity index (χ0) is 4.12. The molecule has 0 saturated carbocycles. The third kappa shape index (κ3) is 4.47. The quantitative estimate of drug-likeness (QED) is 0.495. The summed E-state index contributed by atoms with van der Waals surface area (Å²) in [5.74, 6) is 0. The molecular weight excluding hydrogens is 144 g/mol. The zero-order valence-electron chi connectivity index (χ0n) is 3.32. The van der Waals surface area contributed by atoms with Crippen LogP contribution in [0.15, 0.2) is 0 Å². The molecule has 0 nitrogen and oxygen atoms in total. The molecule has 0 N–H and O–H groups in total. The van der Waals surface area contributed by atoms with E-state index in [0.29, 0.717) is 0 Å². The van der Waals surface area contributed by atoms with Crippen molar-refractivity contribution in [3.8, 4) is 4.20 Å². The van der Waals surface area contributed by atoms with E-state index in [0.717, 1.165) is 6.42 Å². The molecule has 0 heterocycles. The molecule has 0 aromatic heterocycles. The van der Waals surface area contributed by atoms with Gasteiger partial charge in [0.15, 0.2) is 0 Å². The number of hydrogen-bond donors (Lipinski definition) is 0. The van der Waals surface area contributed by atoms with Gasteiger partial charge in [-0.15, -0.1) is 0 Å². The molecule has 5 heavy (non-hydrogen) atoms. The molecule has 1 heteroatoms. The van der Waals surface area contributed by atoms with Gasteiger partial charge in [-0.05, 0) is 0 Å². The van der Waals surface area contributed by atoms with Crippen LogP contribution in [0, 0.1) is 4.20 Å². The second-order valence-corrected chi connectivity index (χ2v) is 1.60. The van der Waals surface area contributed by atoms with Crippen LogP contribution in [-0.2, 0) is 19.2 Å². The van der Waals surface area contributed by atoms with E-state index in [1.807, 2.05) is 19.2 Å². The second kappa shape index (κ2) is 4.47. The average molecular weight is 151 g/mol. The van der Waals surface area contributed by atoms with Gasteiger partial charge in [0.1, 0.15) is 0 Å². The summed E-state index contributed by atoms with van der Waals surface area (Å²) >= 11 is 1.90. The Kier molecular flexibility index (Phi) is 4.89. The van der Waals surface area contributed by atoms with Gasteiger partial charge >= 0.3 is 43.1 Å². The Labute approximate surface area is 43.6 Å². The van der Waals surface area contributed by atoms with E-state index >= 15 is 0 Å². The van der Waals surface area contributed by atoms with Crippen LogP contribution >= 0.6 is 0 Å². The molecule has 0 spiro atoms.